The van der Waals surface area contributed by atoms with Gasteiger partial charge in [-0.3, -0.25) is 0 Å². The van der Waals surface area contributed by atoms with Crippen molar-refractivity contribution in [3.8, 4) is 0 Å². The summed E-state index contributed by atoms with van der Waals surface area (Å²) in [6.07, 6.45) is 6.68. The Hall–Kier alpha value is -0.130. The molecule has 2 rings (SSSR count). The van der Waals surface area contributed by atoms with Crippen LogP contribution in [0.2, 0.25) is 0 Å². The topological polar surface area (TPSA) is 66.4 Å². The van der Waals surface area contributed by atoms with Gasteiger partial charge in [0.15, 0.2) is 0 Å². The Labute approximate surface area is 97.1 Å². The summed E-state index contributed by atoms with van der Waals surface area (Å²) in [4.78, 5) is 0. The number of rotatable bonds is 1. The van der Waals surface area contributed by atoms with Gasteiger partial charge in [-0.05, 0) is 32.1 Å². The van der Waals surface area contributed by atoms with Crippen molar-refractivity contribution in [3.63, 3.8) is 0 Å². The Balaban J connectivity index is 2.28. The van der Waals surface area contributed by atoms with Gasteiger partial charge in [0, 0.05) is 6.61 Å². The van der Waals surface area contributed by atoms with Crippen LogP contribution < -0.4 is 0 Å². The molecule has 0 bridgehead atoms. The van der Waals surface area contributed by atoms with E-state index in [1.54, 1.807) is 0 Å². The van der Waals surface area contributed by atoms with E-state index < -0.39 is 21.0 Å². The summed E-state index contributed by atoms with van der Waals surface area (Å²) in [6.45, 7) is 0.603. The average Bonchev–Trinajstić information content (AvgIpc) is 2.41. The van der Waals surface area contributed by atoms with E-state index in [0.717, 1.165) is 44.9 Å². The molecule has 0 aromatic rings. The fourth-order valence-corrected chi connectivity index (χ4v) is 4.37. The number of hydrogen-bond acceptors (Lipinski definition) is 4. The second-order valence-electron chi connectivity index (χ2n) is 4.95. The van der Waals surface area contributed by atoms with Crippen LogP contribution in [0.5, 0.6) is 0 Å². The second-order valence-corrected chi connectivity index (χ2v) is 6.51. The van der Waals surface area contributed by atoms with Gasteiger partial charge in [-0.25, -0.2) is 8.42 Å². The van der Waals surface area contributed by atoms with Gasteiger partial charge < -0.3 is 9.29 Å². The van der Waals surface area contributed by atoms with Gasteiger partial charge in [-0.2, -0.15) is 0 Å². The van der Waals surface area contributed by atoms with Gasteiger partial charge in [0.1, 0.15) is 10.1 Å². The molecular weight excluding hydrogens is 228 g/mol. The van der Waals surface area contributed by atoms with E-state index in [4.69, 9.17) is 4.74 Å². The summed E-state index contributed by atoms with van der Waals surface area (Å²) in [5, 5.41) is -0.817. The highest BCUT2D eigenvalue weighted by molar-refractivity contribution is 7.86. The van der Waals surface area contributed by atoms with Gasteiger partial charge in [0.25, 0.3) is 0 Å². The molecule has 16 heavy (non-hydrogen) atoms. The van der Waals surface area contributed by atoms with Crippen molar-refractivity contribution < 1.29 is 17.7 Å². The van der Waals surface area contributed by atoms with Crippen molar-refractivity contribution in [2.45, 2.75) is 62.2 Å². The maximum Gasteiger partial charge on any atom is 0.100 e. The van der Waals surface area contributed by atoms with E-state index in [0.29, 0.717) is 13.0 Å². The van der Waals surface area contributed by atoms with Crippen molar-refractivity contribution in [2.75, 3.05) is 6.61 Å². The Morgan fingerprint density at radius 1 is 1.06 bits per heavy atom. The van der Waals surface area contributed by atoms with Crippen LogP contribution in [-0.4, -0.2) is 30.4 Å². The lowest BCUT2D eigenvalue weighted by atomic mass is 9.81. The first-order chi connectivity index (χ1) is 7.55. The van der Waals surface area contributed by atoms with E-state index in [9.17, 15) is 13.0 Å². The molecule has 1 saturated heterocycles. The first kappa shape index (κ1) is 12.3. The van der Waals surface area contributed by atoms with Gasteiger partial charge >= 0.3 is 0 Å². The zero-order valence-corrected chi connectivity index (χ0v) is 10.3. The monoisotopic (exact) mass is 247 g/mol. The standard InChI is InChI=1S/C11H20O4S/c12-16(13,14)10-6-2-5-9-15-11(10)7-3-1-4-8-11/h10H,1-9H2,(H,12,13,14)/p-1. The minimum absolute atomic E-state index is 0.478. The van der Waals surface area contributed by atoms with Crippen molar-refractivity contribution in [1.82, 2.24) is 0 Å². The van der Waals surface area contributed by atoms with Gasteiger partial charge in [0.2, 0.25) is 0 Å². The highest BCUT2D eigenvalue weighted by Gasteiger charge is 2.44. The average molecular weight is 247 g/mol. The maximum atomic E-state index is 11.4. The number of hydrogen-bond donors (Lipinski definition) is 0. The van der Waals surface area contributed by atoms with Gasteiger partial charge in [-0.15, -0.1) is 0 Å². The Kier molecular flexibility index (Phi) is 3.56. The summed E-state index contributed by atoms with van der Waals surface area (Å²) in [5.74, 6) is 0. The molecule has 0 aromatic carbocycles. The third-order valence-corrected chi connectivity index (χ3v) is 5.25. The molecule has 0 N–H and O–H groups in total. The summed E-state index contributed by atoms with van der Waals surface area (Å²) in [7, 11) is -4.23. The Bertz CT molecular complexity index is 330. The molecule has 4 nitrogen and oxygen atoms in total. The predicted molar refractivity (Wildman–Crippen MR) is 59.1 cm³/mol. The van der Waals surface area contributed by atoms with E-state index in [1.807, 2.05) is 0 Å². The predicted octanol–water partition coefficient (Wildman–Crippen LogP) is 1.80. The summed E-state index contributed by atoms with van der Waals surface area (Å²) in [6, 6.07) is 0. The van der Waals surface area contributed by atoms with Crippen LogP contribution in [0.15, 0.2) is 0 Å². The third-order valence-electron chi connectivity index (χ3n) is 3.89. The normalized spacial score (nSPS) is 31.2. The van der Waals surface area contributed by atoms with Crippen LogP contribution in [0.4, 0.5) is 0 Å². The van der Waals surface area contributed by atoms with Crippen molar-refractivity contribution in [2.24, 2.45) is 0 Å². The largest absolute Gasteiger partial charge is 0.748 e. The molecule has 0 aromatic heterocycles. The number of ether oxygens (including phenoxy) is 1. The first-order valence-electron chi connectivity index (χ1n) is 6.13. The maximum absolute atomic E-state index is 11.4. The minimum Gasteiger partial charge on any atom is -0.748 e. The fourth-order valence-electron chi connectivity index (χ4n) is 3.09. The Morgan fingerprint density at radius 3 is 2.38 bits per heavy atom. The Morgan fingerprint density at radius 2 is 1.75 bits per heavy atom. The van der Waals surface area contributed by atoms with E-state index in [1.165, 1.54) is 0 Å². The van der Waals surface area contributed by atoms with Gasteiger partial charge in [-0.1, -0.05) is 19.3 Å². The fraction of sp³-hybridized carbons (Fsp3) is 1.00. The molecular formula is C11H19O4S-. The molecule has 1 saturated carbocycles. The minimum atomic E-state index is -4.23. The molecule has 0 radical (unpaired) electrons. The highest BCUT2D eigenvalue weighted by Crippen LogP contribution is 2.40. The summed E-state index contributed by atoms with van der Waals surface area (Å²) < 4.78 is 39.9. The summed E-state index contributed by atoms with van der Waals surface area (Å²) >= 11 is 0. The van der Waals surface area contributed by atoms with Crippen LogP contribution in [0.25, 0.3) is 0 Å². The molecule has 94 valence electrons. The highest BCUT2D eigenvalue weighted by atomic mass is 32.2. The van der Waals surface area contributed by atoms with Crippen molar-refractivity contribution >= 4 is 10.1 Å². The van der Waals surface area contributed by atoms with Crippen LogP contribution >= 0.6 is 0 Å². The zero-order valence-electron chi connectivity index (χ0n) is 9.48. The van der Waals surface area contributed by atoms with E-state index in [2.05, 4.69) is 0 Å². The quantitative estimate of drug-likeness (QED) is 0.663. The lowest BCUT2D eigenvalue weighted by Crippen LogP contribution is -2.49. The van der Waals surface area contributed by atoms with Crippen LogP contribution in [0, 0.1) is 0 Å². The third kappa shape index (κ3) is 2.41. The first-order valence-corrected chi connectivity index (χ1v) is 7.60. The van der Waals surface area contributed by atoms with Crippen LogP contribution in [0.3, 0.4) is 0 Å². The molecule has 1 aliphatic carbocycles. The molecule has 1 atom stereocenters. The van der Waals surface area contributed by atoms with E-state index in [-0.39, 0.29) is 0 Å². The SMILES string of the molecule is O=S(=O)([O-])C1CCCCOC12CCCCC2. The lowest BCUT2D eigenvalue weighted by molar-refractivity contribution is -0.0656. The molecule has 2 fully saturated rings. The smallest absolute Gasteiger partial charge is 0.100 e. The van der Waals surface area contributed by atoms with Crippen molar-refractivity contribution in [1.29, 1.82) is 0 Å². The molecule has 5 heteroatoms. The molecule has 0 amide bonds. The molecule has 1 spiro atoms. The van der Waals surface area contributed by atoms with Crippen LogP contribution in [-0.2, 0) is 14.9 Å². The second kappa shape index (κ2) is 4.63. The molecule has 1 heterocycles. The van der Waals surface area contributed by atoms with Crippen molar-refractivity contribution in [3.05, 3.63) is 0 Å². The zero-order chi connectivity index (χ0) is 11.6. The summed E-state index contributed by atoms with van der Waals surface area (Å²) in [5.41, 5.74) is -0.657. The lowest BCUT2D eigenvalue weighted by Gasteiger charge is -2.43. The van der Waals surface area contributed by atoms with Gasteiger partial charge in [0.05, 0.1) is 10.9 Å². The molecule has 2 aliphatic rings. The molecule has 1 unspecified atom stereocenters. The molecule has 1 aliphatic heterocycles. The van der Waals surface area contributed by atoms with Crippen LogP contribution in [0.1, 0.15) is 51.4 Å². The van der Waals surface area contributed by atoms with E-state index >= 15 is 0 Å².